The molecule has 1 aromatic heterocycles. The molecule has 78 valence electrons. The van der Waals surface area contributed by atoms with Crippen LogP contribution in [0.4, 0.5) is 8.78 Å². The van der Waals surface area contributed by atoms with E-state index < -0.39 is 11.6 Å². The first-order valence-corrected chi connectivity index (χ1v) is 5.09. The summed E-state index contributed by atoms with van der Waals surface area (Å²) in [5.41, 5.74) is 0.661. The Bertz CT molecular complexity index is 484. The zero-order chi connectivity index (χ0) is 10.8. The molecule has 0 radical (unpaired) electrons. The summed E-state index contributed by atoms with van der Waals surface area (Å²) in [5, 5.41) is 10.9. The maximum Gasteiger partial charge on any atom is 0.135 e. The third kappa shape index (κ3) is 2.03. The van der Waals surface area contributed by atoms with Crippen molar-refractivity contribution in [1.29, 1.82) is 0 Å². The zero-order valence-corrected chi connectivity index (χ0v) is 8.39. The van der Waals surface area contributed by atoms with Crippen molar-refractivity contribution in [2.45, 2.75) is 6.61 Å². The number of hydrogen-bond donors (Lipinski definition) is 1. The van der Waals surface area contributed by atoms with E-state index in [-0.39, 0.29) is 12.2 Å². The van der Waals surface area contributed by atoms with Gasteiger partial charge in [-0.05, 0) is 12.1 Å². The minimum Gasteiger partial charge on any atom is -0.389 e. The highest BCUT2D eigenvalue weighted by molar-refractivity contribution is 7.09. The Morgan fingerprint density at radius 3 is 2.73 bits per heavy atom. The third-order valence-electron chi connectivity index (χ3n) is 1.89. The van der Waals surface area contributed by atoms with E-state index in [0.29, 0.717) is 10.7 Å². The summed E-state index contributed by atoms with van der Waals surface area (Å²) in [4.78, 5) is 4.00. The van der Waals surface area contributed by atoms with E-state index in [9.17, 15) is 8.78 Å². The van der Waals surface area contributed by atoms with Gasteiger partial charge in [0, 0.05) is 17.0 Å². The van der Waals surface area contributed by atoms with Gasteiger partial charge < -0.3 is 5.11 Å². The predicted octanol–water partition coefficient (Wildman–Crippen LogP) is 2.58. The molecular formula is C10H7F2NOS. The second kappa shape index (κ2) is 4.04. The van der Waals surface area contributed by atoms with Gasteiger partial charge in [-0.2, -0.15) is 0 Å². The average Bonchev–Trinajstić information content (AvgIpc) is 2.66. The van der Waals surface area contributed by atoms with Crippen LogP contribution in [0.2, 0.25) is 0 Å². The van der Waals surface area contributed by atoms with Crippen LogP contribution in [0, 0.1) is 11.6 Å². The normalized spacial score (nSPS) is 10.6. The Morgan fingerprint density at radius 1 is 1.33 bits per heavy atom. The summed E-state index contributed by atoms with van der Waals surface area (Å²) in [6, 6.07) is 3.32. The van der Waals surface area contributed by atoms with Gasteiger partial charge in [0.25, 0.3) is 0 Å². The predicted molar refractivity (Wildman–Crippen MR) is 53.4 cm³/mol. The van der Waals surface area contributed by atoms with Crippen LogP contribution in [-0.4, -0.2) is 10.1 Å². The number of halogens is 2. The van der Waals surface area contributed by atoms with Gasteiger partial charge in [0.1, 0.15) is 16.6 Å². The molecule has 1 heterocycles. The maximum atomic E-state index is 13.3. The smallest absolute Gasteiger partial charge is 0.135 e. The van der Waals surface area contributed by atoms with Crippen LogP contribution in [0.1, 0.15) is 5.01 Å². The molecule has 0 atom stereocenters. The molecule has 1 aromatic carbocycles. The Morgan fingerprint density at radius 2 is 2.13 bits per heavy atom. The molecule has 0 amide bonds. The Labute approximate surface area is 88.8 Å². The number of rotatable bonds is 2. The van der Waals surface area contributed by atoms with Crippen molar-refractivity contribution in [2.24, 2.45) is 0 Å². The molecule has 1 N–H and O–H groups in total. The fourth-order valence-electron chi connectivity index (χ4n) is 1.20. The van der Waals surface area contributed by atoms with Crippen LogP contribution in [0.3, 0.4) is 0 Å². The van der Waals surface area contributed by atoms with Gasteiger partial charge in [0.05, 0.1) is 12.3 Å². The van der Waals surface area contributed by atoms with Crippen LogP contribution in [-0.2, 0) is 6.61 Å². The van der Waals surface area contributed by atoms with Crippen LogP contribution < -0.4 is 0 Å². The Kier molecular flexibility index (Phi) is 2.75. The molecule has 0 unspecified atom stereocenters. The van der Waals surface area contributed by atoms with Crippen LogP contribution >= 0.6 is 11.3 Å². The summed E-state index contributed by atoms with van der Waals surface area (Å²) in [7, 11) is 0. The lowest BCUT2D eigenvalue weighted by Crippen LogP contribution is -1.87. The van der Waals surface area contributed by atoms with Crippen molar-refractivity contribution < 1.29 is 13.9 Å². The molecule has 15 heavy (non-hydrogen) atoms. The lowest BCUT2D eigenvalue weighted by atomic mass is 10.1. The zero-order valence-electron chi connectivity index (χ0n) is 7.58. The standard InChI is InChI=1S/C10H7F2NOS/c11-6-1-2-7(8(12)3-6)9-5-15-10(4-14)13-9/h1-3,5,14H,4H2. The molecule has 0 fully saturated rings. The van der Waals surface area contributed by atoms with E-state index in [4.69, 9.17) is 5.11 Å². The number of aliphatic hydroxyl groups excluding tert-OH is 1. The largest absolute Gasteiger partial charge is 0.389 e. The van der Waals surface area contributed by atoms with E-state index >= 15 is 0 Å². The van der Waals surface area contributed by atoms with E-state index in [1.54, 1.807) is 5.38 Å². The molecule has 0 aliphatic carbocycles. The number of thiazole rings is 1. The monoisotopic (exact) mass is 227 g/mol. The van der Waals surface area contributed by atoms with Crippen LogP contribution in [0.25, 0.3) is 11.3 Å². The number of nitrogens with zero attached hydrogens (tertiary/aromatic N) is 1. The van der Waals surface area contributed by atoms with Crippen LogP contribution in [0.5, 0.6) is 0 Å². The highest BCUT2D eigenvalue weighted by Crippen LogP contribution is 2.24. The van der Waals surface area contributed by atoms with Gasteiger partial charge in [0.2, 0.25) is 0 Å². The number of benzene rings is 1. The number of aromatic nitrogens is 1. The number of hydrogen-bond acceptors (Lipinski definition) is 3. The third-order valence-corrected chi connectivity index (χ3v) is 2.73. The minimum absolute atomic E-state index is 0.173. The van der Waals surface area contributed by atoms with Crippen LogP contribution in [0.15, 0.2) is 23.6 Å². The van der Waals surface area contributed by atoms with E-state index in [1.807, 2.05) is 0 Å². The SMILES string of the molecule is OCc1nc(-c2ccc(F)cc2F)cs1. The molecule has 0 aliphatic rings. The summed E-state index contributed by atoms with van der Waals surface area (Å²) in [6.45, 7) is -0.173. The average molecular weight is 227 g/mol. The van der Waals surface area contributed by atoms with Gasteiger partial charge in [-0.1, -0.05) is 0 Å². The molecule has 0 bridgehead atoms. The van der Waals surface area contributed by atoms with E-state index in [1.165, 1.54) is 23.5 Å². The molecule has 0 aliphatic heterocycles. The molecule has 2 aromatic rings. The van der Waals surface area contributed by atoms with Crippen molar-refractivity contribution in [3.8, 4) is 11.3 Å². The molecular weight excluding hydrogens is 220 g/mol. The second-order valence-electron chi connectivity index (χ2n) is 2.91. The summed E-state index contributed by atoms with van der Waals surface area (Å²) in [5.74, 6) is -1.27. The van der Waals surface area contributed by atoms with Gasteiger partial charge in [0.15, 0.2) is 0 Å². The first-order valence-electron chi connectivity index (χ1n) is 4.21. The number of aliphatic hydroxyl groups is 1. The first-order chi connectivity index (χ1) is 7.20. The summed E-state index contributed by atoms with van der Waals surface area (Å²) in [6.07, 6.45) is 0. The fourth-order valence-corrected chi connectivity index (χ4v) is 1.86. The highest BCUT2D eigenvalue weighted by atomic mass is 32.1. The van der Waals surface area contributed by atoms with E-state index in [2.05, 4.69) is 4.98 Å². The van der Waals surface area contributed by atoms with Crippen molar-refractivity contribution in [2.75, 3.05) is 0 Å². The molecule has 2 nitrogen and oxygen atoms in total. The quantitative estimate of drug-likeness (QED) is 0.855. The lowest BCUT2D eigenvalue weighted by Gasteiger charge is -1.98. The van der Waals surface area contributed by atoms with Gasteiger partial charge in [-0.15, -0.1) is 11.3 Å². The molecule has 0 saturated carbocycles. The minimum atomic E-state index is -0.648. The van der Waals surface area contributed by atoms with Crippen molar-refractivity contribution in [3.05, 3.63) is 40.2 Å². The molecule has 0 saturated heterocycles. The summed E-state index contributed by atoms with van der Waals surface area (Å²) < 4.78 is 25.9. The van der Waals surface area contributed by atoms with Gasteiger partial charge in [-0.25, -0.2) is 13.8 Å². The van der Waals surface area contributed by atoms with Crippen molar-refractivity contribution >= 4 is 11.3 Å². The topological polar surface area (TPSA) is 33.1 Å². The maximum absolute atomic E-state index is 13.3. The second-order valence-corrected chi connectivity index (χ2v) is 3.85. The fraction of sp³-hybridized carbons (Fsp3) is 0.100. The summed E-state index contributed by atoms with van der Waals surface area (Å²) >= 11 is 1.24. The van der Waals surface area contributed by atoms with Crippen molar-refractivity contribution in [1.82, 2.24) is 4.98 Å². The first kappa shape index (κ1) is 10.2. The molecule has 2 rings (SSSR count). The van der Waals surface area contributed by atoms with Gasteiger partial charge >= 0.3 is 0 Å². The molecule has 5 heteroatoms. The lowest BCUT2D eigenvalue weighted by molar-refractivity contribution is 0.281. The Hall–Kier alpha value is -1.33. The Balaban J connectivity index is 2.44. The van der Waals surface area contributed by atoms with E-state index in [0.717, 1.165) is 6.07 Å². The highest BCUT2D eigenvalue weighted by Gasteiger charge is 2.09. The van der Waals surface area contributed by atoms with Crippen molar-refractivity contribution in [3.63, 3.8) is 0 Å². The molecule has 0 spiro atoms. The van der Waals surface area contributed by atoms with Gasteiger partial charge in [-0.3, -0.25) is 0 Å².